The van der Waals surface area contributed by atoms with Gasteiger partial charge in [-0.3, -0.25) is 0 Å². The second kappa shape index (κ2) is 6.85. The fourth-order valence-corrected chi connectivity index (χ4v) is 3.13. The molecular formula is C16H20N2O2S. The van der Waals surface area contributed by atoms with Gasteiger partial charge in [0.15, 0.2) is 0 Å². The van der Waals surface area contributed by atoms with Gasteiger partial charge in [-0.2, -0.15) is 0 Å². The molecule has 112 valence electrons. The summed E-state index contributed by atoms with van der Waals surface area (Å²) in [5.74, 6) is 0. The maximum absolute atomic E-state index is 12.2. The molecule has 21 heavy (non-hydrogen) atoms. The van der Waals surface area contributed by atoms with E-state index in [-0.39, 0.29) is 4.90 Å². The lowest BCUT2D eigenvalue weighted by atomic mass is 10.1. The number of hydrogen-bond donors (Lipinski definition) is 2. The van der Waals surface area contributed by atoms with Gasteiger partial charge in [-0.1, -0.05) is 36.4 Å². The summed E-state index contributed by atoms with van der Waals surface area (Å²) in [6, 6.07) is 14.6. The molecule has 0 saturated heterocycles. The maximum Gasteiger partial charge on any atom is 0.240 e. The highest BCUT2D eigenvalue weighted by Crippen LogP contribution is 2.11. The van der Waals surface area contributed by atoms with Crippen LogP contribution in [0.4, 0.5) is 0 Å². The van der Waals surface area contributed by atoms with Crippen LogP contribution in [0, 0.1) is 6.92 Å². The van der Waals surface area contributed by atoms with Gasteiger partial charge in [0.2, 0.25) is 10.0 Å². The summed E-state index contributed by atoms with van der Waals surface area (Å²) in [5, 5.41) is 0. The van der Waals surface area contributed by atoms with Crippen LogP contribution in [0.5, 0.6) is 0 Å². The Labute approximate surface area is 126 Å². The summed E-state index contributed by atoms with van der Waals surface area (Å²) in [6.07, 6.45) is 0.673. The highest BCUT2D eigenvalue weighted by atomic mass is 32.2. The predicted molar refractivity (Wildman–Crippen MR) is 84.4 cm³/mol. The minimum absolute atomic E-state index is 0.268. The molecule has 0 aromatic heterocycles. The van der Waals surface area contributed by atoms with Crippen molar-refractivity contribution in [1.82, 2.24) is 4.72 Å². The Morgan fingerprint density at radius 1 is 1.05 bits per heavy atom. The van der Waals surface area contributed by atoms with Gasteiger partial charge in [0.25, 0.3) is 0 Å². The lowest BCUT2D eigenvalue weighted by Crippen LogP contribution is -2.26. The summed E-state index contributed by atoms with van der Waals surface area (Å²) in [6.45, 7) is 2.81. The number of benzene rings is 2. The van der Waals surface area contributed by atoms with E-state index in [2.05, 4.69) is 4.72 Å². The third-order valence-corrected chi connectivity index (χ3v) is 4.89. The van der Waals surface area contributed by atoms with Crippen molar-refractivity contribution < 1.29 is 8.42 Å². The van der Waals surface area contributed by atoms with Crippen molar-refractivity contribution in [3.63, 3.8) is 0 Å². The molecule has 0 amide bonds. The van der Waals surface area contributed by atoms with Crippen molar-refractivity contribution in [2.45, 2.75) is 24.8 Å². The third-order valence-electron chi connectivity index (χ3n) is 3.42. The van der Waals surface area contributed by atoms with Crippen LogP contribution in [0.15, 0.2) is 53.4 Å². The summed E-state index contributed by atoms with van der Waals surface area (Å²) >= 11 is 0. The van der Waals surface area contributed by atoms with Crippen molar-refractivity contribution in [1.29, 1.82) is 0 Å². The molecule has 5 heteroatoms. The van der Waals surface area contributed by atoms with Crippen LogP contribution in [-0.4, -0.2) is 15.0 Å². The Morgan fingerprint density at radius 2 is 1.71 bits per heavy atom. The van der Waals surface area contributed by atoms with E-state index in [1.807, 2.05) is 31.2 Å². The van der Waals surface area contributed by atoms with Crippen LogP contribution in [0.3, 0.4) is 0 Å². The molecule has 0 spiro atoms. The zero-order valence-electron chi connectivity index (χ0n) is 12.0. The molecule has 0 aliphatic rings. The van der Waals surface area contributed by atoms with Crippen LogP contribution in [0.1, 0.15) is 16.7 Å². The van der Waals surface area contributed by atoms with Crippen LogP contribution in [-0.2, 0) is 23.0 Å². The number of rotatable bonds is 6. The molecule has 0 aliphatic carbocycles. The van der Waals surface area contributed by atoms with Crippen molar-refractivity contribution >= 4 is 10.0 Å². The third kappa shape index (κ3) is 4.14. The summed E-state index contributed by atoms with van der Waals surface area (Å²) in [4.78, 5) is 0.268. The second-order valence-electron chi connectivity index (χ2n) is 4.92. The molecule has 2 rings (SSSR count). The minimum atomic E-state index is -3.46. The Balaban J connectivity index is 1.99. The first-order valence-electron chi connectivity index (χ1n) is 6.86. The SMILES string of the molecule is Cc1ccccc1CCNS(=O)(=O)c1ccc(CN)cc1. The molecule has 0 atom stereocenters. The van der Waals surface area contributed by atoms with Gasteiger partial charge in [0.1, 0.15) is 0 Å². The number of sulfonamides is 1. The van der Waals surface area contributed by atoms with Crippen LogP contribution >= 0.6 is 0 Å². The van der Waals surface area contributed by atoms with Crippen molar-refractivity contribution in [2.24, 2.45) is 5.73 Å². The Morgan fingerprint density at radius 3 is 2.33 bits per heavy atom. The quantitative estimate of drug-likeness (QED) is 0.857. The predicted octanol–water partition coefficient (Wildman–Crippen LogP) is 1.97. The van der Waals surface area contributed by atoms with E-state index in [0.29, 0.717) is 19.5 Å². The van der Waals surface area contributed by atoms with E-state index >= 15 is 0 Å². The Hall–Kier alpha value is -1.69. The summed E-state index contributed by atoms with van der Waals surface area (Å²) in [7, 11) is -3.46. The van der Waals surface area contributed by atoms with E-state index in [4.69, 9.17) is 5.73 Å². The molecule has 2 aromatic carbocycles. The average Bonchev–Trinajstić information content (AvgIpc) is 2.49. The molecule has 3 N–H and O–H groups in total. The van der Waals surface area contributed by atoms with Gasteiger partial charge in [0.05, 0.1) is 4.90 Å². The molecule has 2 aromatic rings. The van der Waals surface area contributed by atoms with Crippen LogP contribution < -0.4 is 10.5 Å². The Kier molecular flexibility index (Phi) is 5.12. The van der Waals surface area contributed by atoms with Gasteiger partial charge < -0.3 is 5.73 Å². The summed E-state index contributed by atoms with van der Waals surface area (Å²) in [5.41, 5.74) is 8.74. The normalized spacial score (nSPS) is 11.5. The fourth-order valence-electron chi connectivity index (χ4n) is 2.10. The first-order valence-corrected chi connectivity index (χ1v) is 8.34. The minimum Gasteiger partial charge on any atom is -0.326 e. The van der Waals surface area contributed by atoms with E-state index in [9.17, 15) is 8.42 Å². The van der Waals surface area contributed by atoms with E-state index in [0.717, 1.165) is 11.1 Å². The molecule has 0 aliphatic heterocycles. The van der Waals surface area contributed by atoms with Crippen molar-refractivity contribution in [2.75, 3.05) is 6.54 Å². The van der Waals surface area contributed by atoms with E-state index in [1.165, 1.54) is 5.56 Å². The van der Waals surface area contributed by atoms with Gasteiger partial charge >= 0.3 is 0 Å². The second-order valence-corrected chi connectivity index (χ2v) is 6.69. The number of aryl methyl sites for hydroxylation is 1. The zero-order valence-corrected chi connectivity index (χ0v) is 12.9. The monoisotopic (exact) mass is 304 g/mol. The lowest BCUT2D eigenvalue weighted by molar-refractivity contribution is 0.581. The standard InChI is InChI=1S/C16H20N2O2S/c1-13-4-2-3-5-15(13)10-11-18-21(19,20)16-8-6-14(12-17)7-9-16/h2-9,18H,10-12,17H2,1H3. The van der Waals surface area contributed by atoms with Gasteiger partial charge in [-0.15, -0.1) is 0 Å². The molecule has 0 heterocycles. The molecule has 0 bridgehead atoms. The average molecular weight is 304 g/mol. The smallest absolute Gasteiger partial charge is 0.240 e. The highest BCUT2D eigenvalue weighted by Gasteiger charge is 2.13. The van der Waals surface area contributed by atoms with Crippen molar-refractivity contribution in [3.8, 4) is 0 Å². The fraction of sp³-hybridized carbons (Fsp3) is 0.250. The van der Waals surface area contributed by atoms with Gasteiger partial charge in [-0.25, -0.2) is 13.1 Å². The van der Waals surface area contributed by atoms with Crippen molar-refractivity contribution in [3.05, 3.63) is 65.2 Å². The number of nitrogens with two attached hydrogens (primary N) is 1. The maximum atomic E-state index is 12.2. The molecule has 0 saturated carbocycles. The number of hydrogen-bond acceptors (Lipinski definition) is 3. The number of nitrogens with one attached hydrogen (secondary N) is 1. The Bertz CT molecular complexity index is 694. The highest BCUT2D eigenvalue weighted by molar-refractivity contribution is 7.89. The molecular weight excluding hydrogens is 284 g/mol. The van der Waals surface area contributed by atoms with E-state index in [1.54, 1.807) is 24.3 Å². The zero-order chi connectivity index (χ0) is 15.3. The summed E-state index contributed by atoms with van der Waals surface area (Å²) < 4.78 is 27.0. The molecule has 0 unspecified atom stereocenters. The largest absolute Gasteiger partial charge is 0.326 e. The van der Waals surface area contributed by atoms with E-state index < -0.39 is 10.0 Å². The van der Waals surface area contributed by atoms with Gasteiger partial charge in [-0.05, 0) is 42.2 Å². The van der Waals surface area contributed by atoms with Crippen LogP contribution in [0.25, 0.3) is 0 Å². The topological polar surface area (TPSA) is 72.2 Å². The molecule has 4 nitrogen and oxygen atoms in total. The first-order chi connectivity index (χ1) is 10.0. The lowest BCUT2D eigenvalue weighted by Gasteiger charge is -2.09. The van der Waals surface area contributed by atoms with Crippen LogP contribution in [0.2, 0.25) is 0 Å². The van der Waals surface area contributed by atoms with Gasteiger partial charge in [0, 0.05) is 13.1 Å². The molecule has 0 fully saturated rings. The molecule has 0 radical (unpaired) electrons. The first kappa shape index (κ1) is 15.7.